The molecular weight excluding hydrogens is 338 g/mol. The van der Waals surface area contributed by atoms with E-state index in [9.17, 15) is 4.79 Å². The predicted octanol–water partition coefficient (Wildman–Crippen LogP) is 5.42. The summed E-state index contributed by atoms with van der Waals surface area (Å²) in [6.07, 6.45) is 1.49. The number of amides is 1. The van der Waals surface area contributed by atoms with Crippen molar-refractivity contribution < 1.29 is 4.79 Å². The van der Waals surface area contributed by atoms with Gasteiger partial charge in [-0.15, -0.1) is 11.3 Å². The van der Waals surface area contributed by atoms with Crippen molar-refractivity contribution >= 4 is 17.2 Å². The van der Waals surface area contributed by atoms with E-state index in [4.69, 9.17) is 0 Å². The lowest BCUT2D eigenvalue weighted by atomic mass is 9.87. The van der Waals surface area contributed by atoms with Crippen LogP contribution in [0.2, 0.25) is 0 Å². The van der Waals surface area contributed by atoms with Crippen LogP contribution in [0.1, 0.15) is 46.9 Å². The molecular formula is C23H23NOS. The van der Waals surface area contributed by atoms with Gasteiger partial charge >= 0.3 is 0 Å². The summed E-state index contributed by atoms with van der Waals surface area (Å²) in [7, 11) is 0. The summed E-state index contributed by atoms with van der Waals surface area (Å²) in [4.78, 5) is 16.7. The highest BCUT2D eigenvalue weighted by Gasteiger charge is 2.30. The zero-order valence-corrected chi connectivity index (χ0v) is 15.8. The van der Waals surface area contributed by atoms with Crippen LogP contribution in [0.3, 0.4) is 0 Å². The lowest BCUT2D eigenvalue weighted by molar-refractivity contribution is -0.134. The average molecular weight is 362 g/mol. The van der Waals surface area contributed by atoms with E-state index < -0.39 is 0 Å². The topological polar surface area (TPSA) is 20.3 Å². The molecule has 0 saturated carbocycles. The lowest BCUT2D eigenvalue weighted by Crippen LogP contribution is -2.38. The molecule has 3 aromatic rings. The number of thiophene rings is 1. The summed E-state index contributed by atoms with van der Waals surface area (Å²) in [5.41, 5.74) is 3.73. The van der Waals surface area contributed by atoms with Crippen molar-refractivity contribution in [1.82, 2.24) is 4.90 Å². The van der Waals surface area contributed by atoms with Gasteiger partial charge in [-0.3, -0.25) is 4.79 Å². The minimum Gasteiger partial charge on any atom is -0.336 e. The Morgan fingerprint density at radius 1 is 1.04 bits per heavy atom. The van der Waals surface area contributed by atoms with Gasteiger partial charge in [-0.25, -0.2) is 0 Å². The summed E-state index contributed by atoms with van der Waals surface area (Å²) < 4.78 is 0. The predicted molar refractivity (Wildman–Crippen MR) is 107 cm³/mol. The third kappa shape index (κ3) is 3.32. The maximum absolute atomic E-state index is 13.2. The van der Waals surface area contributed by atoms with Crippen molar-refractivity contribution in [2.45, 2.75) is 31.7 Å². The van der Waals surface area contributed by atoms with Crippen molar-refractivity contribution in [2.24, 2.45) is 0 Å². The molecule has 2 heterocycles. The van der Waals surface area contributed by atoms with Crippen molar-refractivity contribution in [3.8, 4) is 0 Å². The molecule has 1 unspecified atom stereocenters. The second-order valence-electron chi connectivity index (χ2n) is 6.89. The normalized spacial score (nSPS) is 16.5. The summed E-state index contributed by atoms with van der Waals surface area (Å²) >= 11 is 1.81. The summed E-state index contributed by atoms with van der Waals surface area (Å²) in [5, 5.41) is 2.14. The molecule has 1 aliphatic heterocycles. The maximum Gasteiger partial charge on any atom is 0.224 e. The van der Waals surface area contributed by atoms with Gasteiger partial charge in [-0.05, 0) is 41.5 Å². The van der Waals surface area contributed by atoms with Gasteiger partial charge in [0.15, 0.2) is 0 Å². The minimum atomic E-state index is 0.0981. The number of hydrogen-bond acceptors (Lipinski definition) is 2. The molecule has 1 aliphatic rings. The number of carbonyl (C=O) groups is 1. The van der Waals surface area contributed by atoms with Crippen molar-refractivity contribution in [2.75, 3.05) is 6.54 Å². The van der Waals surface area contributed by atoms with Crippen molar-refractivity contribution in [3.63, 3.8) is 0 Å². The first-order valence-corrected chi connectivity index (χ1v) is 10.1. The van der Waals surface area contributed by atoms with E-state index in [2.05, 4.69) is 71.8 Å². The second-order valence-corrected chi connectivity index (χ2v) is 7.89. The highest BCUT2D eigenvalue weighted by atomic mass is 32.1. The van der Waals surface area contributed by atoms with E-state index in [0.717, 1.165) is 13.0 Å². The van der Waals surface area contributed by atoms with E-state index >= 15 is 0 Å². The van der Waals surface area contributed by atoms with Crippen LogP contribution in [0.25, 0.3) is 0 Å². The van der Waals surface area contributed by atoms with Crippen LogP contribution in [0, 0.1) is 0 Å². The van der Waals surface area contributed by atoms with Crippen LogP contribution in [0.5, 0.6) is 0 Å². The van der Waals surface area contributed by atoms with Gasteiger partial charge in [0.1, 0.15) is 0 Å². The number of benzene rings is 2. The number of nitrogens with zero attached hydrogens (tertiary/aromatic N) is 1. The number of fused-ring (bicyclic) bond motifs is 1. The fraction of sp³-hybridized carbons (Fsp3) is 0.261. The Balaban J connectivity index is 1.59. The molecule has 1 atom stereocenters. The van der Waals surface area contributed by atoms with Gasteiger partial charge in [-0.1, -0.05) is 60.7 Å². The molecule has 1 aromatic heterocycles. The van der Waals surface area contributed by atoms with Crippen molar-refractivity contribution in [1.29, 1.82) is 0 Å². The monoisotopic (exact) mass is 361 g/mol. The van der Waals surface area contributed by atoms with E-state index in [-0.39, 0.29) is 17.9 Å². The minimum absolute atomic E-state index is 0.0981. The van der Waals surface area contributed by atoms with E-state index in [0.29, 0.717) is 6.42 Å². The first-order chi connectivity index (χ1) is 12.7. The SMILES string of the molecule is CC1c2ccsc2CCN1C(=O)CC(c1ccccc1)c1ccccc1. The number of rotatable bonds is 4. The lowest BCUT2D eigenvalue weighted by Gasteiger charge is -2.35. The van der Waals surface area contributed by atoms with E-state index in [1.165, 1.54) is 21.6 Å². The highest BCUT2D eigenvalue weighted by Crippen LogP contribution is 2.35. The van der Waals surface area contributed by atoms with Crippen LogP contribution in [0.15, 0.2) is 72.1 Å². The molecule has 3 heteroatoms. The molecule has 2 aromatic carbocycles. The third-order valence-corrected chi connectivity index (χ3v) is 6.38. The molecule has 1 amide bonds. The smallest absolute Gasteiger partial charge is 0.224 e. The molecule has 0 fully saturated rings. The Kier molecular flexibility index (Phi) is 4.89. The first kappa shape index (κ1) is 17.0. The van der Waals surface area contributed by atoms with Crippen LogP contribution in [-0.4, -0.2) is 17.4 Å². The Bertz CT molecular complexity index is 832. The summed E-state index contributed by atoms with van der Waals surface area (Å²) in [6, 6.07) is 23.1. The van der Waals surface area contributed by atoms with Crippen molar-refractivity contribution in [3.05, 3.63) is 93.7 Å². The fourth-order valence-corrected chi connectivity index (χ4v) is 4.90. The molecule has 132 valence electrons. The van der Waals surface area contributed by atoms with Gasteiger partial charge in [-0.2, -0.15) is 0 Å². The molecule has 4 rings (SSSR count). The van der Waals surface area contributed by atoms with Crippen LogP contribution in [-0.2, 0) is 11.2 Å². The fourth-order valence-electron chi connectivity index (χ4n) is 3.94. The van der Waals surface area contributed by atoms with Gasteiger partial charge in [0.25, 0.3) is 0 Å². The van der Waals surface area contributed by atoms with Crippen LogP contribution < -0.4 is 0 Å². The average Bonchev–Trinajstić information content (AvgIpc) is 3.17. The van der Waals surface area contributed by atoms with Crippen LogP contribution >= 0.6 is 11.3 Å². The number of carbonyl (C=O) groups excluding carboxylic acids is 1. The standard InChI is InChI=1S/C23H23NOS/c1-17-20-13-15-26-22(20)12-14-24(17)23(25)16-21(18-8-4-2-5-9-18)19-10-6-3-7-11-19/h2-11,13,15,17,21H,12,14,16H2,1H3. The first-order valence-electron chi connectivity index (χ1n) is 9.19. The Morgan fingerprint density at radius 2 is 1.65 bits per heavy atom. The van der Waals surface area contributed by atoms with Gasteiger partial charge in [0.2, 0.25) is 5.91 Å². The van der Waals surface area contributed by atoms with E-state index in [1.54, 1.807) is 0 Å². The van der Waals surface area contributed by atoms with Crippen LogP contribution in [0.4, 0.5) is 0 Å². The largest absolute Gasteiger partial charge is 0.336 e. The van der Waals surface area contributed by atoms with Gasteiger partial charge < -0.3 is 4.90 Å². The molecule has 2 nitrogen and oxygen atoms in total. The second kappa shape index (κ2) is 7.46. The Hall–Kier alpha value is -2.39. The summed E-state index contributed by atoms with van der Waals surface area (Å²) in [5.74, 6) is 0.341. The number of hydrogen-bond donors (Lipinski definition) is 0. The molecule has 0 saturated heterocycles. The van der Waals surface area contributed by atoms with Gasteiger partial charge in [0.05, 0.1) is 6.04 Å². The zero-order chi connectivity index (χ0) is 17.9. The quantitative estimate of drug-likeness (QED) is 0.608. The molecule has 0 aliphatic carbocycles. The zero-order valence-electron chi connectivity index (χ0n) is 15.0. The Morgan fingerprint density at radius 3 is 2.27 bits per heavy atom. The van der Waals surface area contributed by atoms with Gasteiger partial charge in [0, 0.05) is 23.8 Å². The molecule has 0 spiro atoms. The maximum atomic E-state index is 13.2. The third-order valence-electron chi connectivity index (χ3n) is 5.38. The molecule has 26 heavy (non-hydrogen) atoms. The molecule has 0 radical (unpaired) electrons. The summed E-state index contributed by atoms with van der Waals surface area (Å²) in [6.45, 7) is 2.98. The molecule has 0 bridgehead atoms. The highest BCUT2D eigenvalue weighted by molar-refractivity contribution is 7.10. The molecule has 0 N–H and O–H groups in total. The Labute approximate surface area is 159 Å². The van der Waals surface area contributed by atoms with E-state index in [1.807, 2.05) is 23.5 Å².